The summed E-state index contributed by atoms with van der Waals surface area (Å²) in [6.45, 7) is 4.06. The normalized spacial score (nSPS) is 14.2. The largest absolute Gasteiger partial charge is 0.489 e. The standard InChI is InChI=1S/C25H20N2O5/c1-16-9-11-18(12-10-16)15-31-20-6-3-5-19(13-20)14-22-25(28)32-24(26-22)21-7-4-8-23(17(21)2)27(29)30/h3-14H,15H2,1-2H3/b22-14-. The van der Waals surface area contributed by atoms with Crippen molar-refractivity contribution in [2.45, 2.75) is 20.5 Å². The molecule has 0 amide bonds. The molecule has 1 aliphatic rings. The van der Waals surface area contributed by atoms with Gasteiger partial charge in [-0.3, -0.25) is 10.1 Å². The molecule has 1 heterocycles. The van der Waals surface area contributed by atoms with E-state index in [4.69, 9.17) is 9.47 Å². The third-order valence-electron chi connectivity index (χ3n) is 5.04. The second-order valence-corrected chi connectivity index (χ2v) is 7.39. The molecule has 160 valence electrons. The lowest BCUT2D eigenvalue weighted by molar-refractivity contribution is -0.385. The predicted molar refractivity (Wildman–Crippen MR) is 120 cm³/mol. The maximum Gasteiger partial charge on any atom is 0.363 e. The van der Waals surface area contributed by atoms with Crippen LogP contribution in [0.3, 0.4) is 0 Å². The monoisotopic (exact) mass is 428 g/mol. The summed E-state index contributed by atoms with van der Waals surface area (Å²) in [5.41, 5.74) is 3.81. The number of nitro groups is 1. The first-order valence-electron chi connectivity index (χ1n) is 9.96. The number of nitrogens with zero attached hydrogens (tertiary/aromatic N) is 2. The fourth-order valence-electron chi connectivity index (χ4n) is 3.28. The number of hydrogen-bond acceptors (Lipinski definition) is 6. The molecule has 0 saturated carbocycles. The van der Waals surface area contributed by atoms with Crippen molar-refractivity contribution in [3.05, 3.63) is 110 Å². The van der Waals surface area contributed by atoms with Crippen molar-refractivity contribution in [2.75, 3.05) is 0 Å². The van der Waals surface area contributed by atoms with Crippen molar-refractivity contribution in [3.8, 4) is 5.75 Å². The second-order valence-electron chi connectivity index (χ2n) is 7.39. The Kier molecular flexibility index (Phi) is 5.81. The Hall–Kier alpha value is -4.26. The minimum atomic E-state index is -0.614. The Bertz CT molecular complexity index is 1260. The van der Waals surface area contributed by atoms with Crippen molar-refractivity contribution in [1.29, 1.82) is 0 Å². The van der Waals surface area contributed by atoms with E-state index in [9.17, 15) is 14.9 Å². The van der Waals surface area contributed by atoms with Crippen LogP contribution in [0.15, 0.2) is 77.4 Å². The Morgan fingerprint density at radius 3 is 2.56 bits per heavy atom. The molecule has 0 aliphatic carbocycles. The number of carbonyl (C=O) groups is 1. The molecule has 0 radical (unpaired) electrons. The van der Waals surface area contributed by atoms with E-state index in [1.165, 1.54) is 17.7 Å². The number of cyclic esters (lactones) is 1. The van der Waals surface area contributed by atoms with E-state index in [1.54, 1.807) is 25.1 Å². The highest BCUT2D eigenvalue weighted by atomic mass is 16.6. The summed E-state index contributed by atoms with van der Waals surface area (Å²) in [5.74, 6) is 0.0936. The van der Waals surface area contributed by atoms with Gasteiger partial charge < -0.3 is 9.47 Å². The zero-order valence-electron chi connectivity index (χ0n) is 17.6. The Morgan fingerprint density at radius 2 is 1.81 bits per heavy atom. The lowest BCUT2D eigenvalue weighted by Crippen LogP contribution is -2.08. The first kappa shape index (κ1) is 21.0. The summed E-state index contributed by atoms with van der Waals surface area (Å²) in [6, 6.07) is 20.0. The Labute approximate surface area is 184 Å². The summed E-state index contributed by atoms with van der Waals surface area (Å²) in [5, 5.41) is 11.2. The van der Waals surface area contributed by atoms with Crippen LogP contribution < -0.4 is 4.74 Å². The third-order valence-corrected chi connectivity index (χ3v) is 5.04. The van der Waals surface area contributed by atoms with Crippen LogP contribution in [-0.2, 0) is 16.1 Å². The number of nitro benzene ring substituents is 1. The van der Waals surface area contributed by atoms with Crippen molar-refractivity contribution >= 4 is 23.6 Å². The van der Waals surface area contributed by atoms with E-state index >= 15 is 0 Å². The number of esters is 1. The highest BCUT2D eigenvalue weighted by Crippen LogP contribution is 2.26. The first-order chi connectivity index (χ1) is 15.4. The molecule has 1 aliphatic heterocycles. The Morgan fingerprint density at radius 1 is 1.06 bits per heavy atom. The summed E-state index contributed by atoms with van der Waals surface area (Å²) >= 11 is 0. The molecule has 0 atom stereocenters. The van der Waals surface area contributed by atoms with E-state index in [-0.39, 0.29) is 17.3 Å². The molecule has 0 spiro atoms. The van der Waals surface area contributed by atoms with Gasteiger partial charge in [0.2, 0.25) is 5.90 Å². The van der Waals surface area contributed by atoms with Crippen LogP contribution in [0.2, 0.25) is 0 Å². The maximum absolute atomic E-state index is 12.3. The summed E-state index contributed by atoms with van der Waals surface area (Å²) in [6.07, 6.45) is 1.60. The molecule has 0 N–H and O–H groups in total. The van der Waals surface area contributed by atoms with Gasteiger partial charge in [-0.2, -0.15) is 0 Å². The third kappa shape index (κ3) is 4.57. The van der Waals surface area contributed by atoms with Crippen LogP contribution in [0, 0.1) is 24.0 Å². The number of aliphatic imine (C=N–C) groups is 1. The number of benzene rings is 3. The molecular formula is C25H20N2O5. The number of ether oxygens (including phenoxy) is 2. The molecular weight excluding hydrogens is 408 g/mol. The van der Waals surface area contributed by atoms with Crippen molar-refractivity contribution < 1.29 is 19.2 Å². The van der Waals surface area contributed by atoms with Crippen LogP contribution in [0.5, 0.6) is 5.75 Å². The summed E-state index contributed by atoms with van der Waals surface area (Å²) in [7, 11) is 0. The van der Waals surface area contributed by atoms with E-state index in [2.05, 4.69) is 4.99 Å². The highest BCUT2D eigenvalue weighted by Gasteiger charge is 2.27. The van der Waals surface area contributed by atoms with E-state index in [0.717, 1.165) is 11.1 Å². The number of aryl methyl sites for hydroxylation is 1. The van der Waals surface area contributed by atoms with Gasteiger partial charge in [0.1, 0.15) is 12.4 Å². The van der Waals surface area contributed by atoms with Crippen LogP contribution in [0.4, 0.5) is 5.69 Å². The van der Waals surface area contributed by atoms with Crippen LogP contribution in [0.25, 0.3) is 6.08 Å². The molecule has 4 rings (SSSR count). The molecule has 0 saturated heterocycles. The number of rotatable bonds is 6. The zero-order valence-corrected chi connectivity index (χ0v) is 17.6. The maximum atomic E-state index is 12.3. The van der Waals surface area contributed by atoms with Crippen LogP contribution in [-0.4, -0.2) is 16.8 Å². The van der Waals surface area contributed by atoms with E-state index < -0.39 is 10.9 Å². The molecule has 3 aromatic carbocycles. The lowest BCUT2D eigenvalue weighted by Gasteiger charge is -2.07. The molecule has 0 aromatic heterocycles. The molecule has 7 heteroatoms. The average Bonchev–Trinajstić information content (AvgIpc) is 3.13. The van der Waals surface area contributed by atoms with Gasteiger partial charge in [-0.25, -0.2) is 9.79 Å². The molecule has 0 bridgehead atoms. The van der Waals surface area contributed by atoms with Crippen molar-refractivity contribution in [1.82, 2.24) is 0 Å². The van der Waals surface area contributed by atoms with Gasteiger partial charge in [-0.1, -0.05) is 48.0 Å². The summed E-state index contributed by atoms with van der Waals surface area (Å²) in [4.78, 5) is 27.3. The zero-order chi connectivity index (χ0) is 22.7. The van der Waals surface area contributed by atoms with E-state index in [1.807, 2.05) is 49.4 Å². The van der Waals surface area contributed by atoms with Crippen molar-refractivity contribution in [2.24, 2.45) is 4.99 Å². The average molecular weight is 428 g/mol. The van der Waals surface area contributed by atoms with Gasteiger partial charge in [0.15, 0.2) is 5.70 Å². The van der Waals surface area contributed by atoms with E-state index in [0.29, 0.717) is 23.5 Å². The smallest absolute Gasteiger partial charge is 0.363 e. The molecule has 32 heavy (non-hydrogen) atoms. The SMILES string of the molecule is Cc1ccc(COc2cccc(/C=C3\N=C(c4cccc([N+](=O)[O-])c4C)OC3=O)c2)cc1. The van der Waals surface area contributed by atoms with Gasteiger partial charge in [-0.05, 0) is 49.2 Å². The second kappa shape index (κ2) is 8.85. The molecule has 3 aromatic rings. The number of carbonyl (C=O) groups excluding carboxylic acids is 1. The number of hydrogen-bond donors (Lipinski definition) is 0. The minimum absolute atomic E-state index is 0.0502. The topological polar surface area (TPSA) is 91.0 Å². The van der Waals surface area contributed by atoms with Crippen molar-refractivity contribution in [3.63, 3.8) is 0 Å². The molecule has 0 unspecified atom stereocenters. The van der Waals surface area contributed by atoms with Gasteiger partial charge in [-0.15, -0.1) is 0 Å². The lowest BCUT2D eigenvalue weighted by atomic mass is 10.1. The van der Waals surface area contributed by atoms with Gasteiger partial charge in [0.05, 0.1) is 4.92 Å². The minimum Gasteiger partial charge on any atom is -0.489 e. The highest BCUT2D eigenvalue weighted by molar-refractivity contribution is 6.13. The summed E-state index contributed by atoms with van der Waals surface area (Å²) < 4.78 is 11.1. The Balaban J connectivity index is 1.55. The predicted octanol–water partition coefficient (Wildman–Crippen LogP) is 5.14. The fraction of sp³-hybridized carbons (Fsp3) is 0.120. The quantitative estimate of drug-likeness (QED) is 0.235. The van der Waals surface area contributed by atoms with Gasteiger partial charge in [0.25, 0.3) is 5.69 Å². The fourth-order valence-corrected chi connectivity index (χ4v) is 3.28. The van der Waals surface area contributed by atoms with Crippen LogP contribution >= 0.6 is 0 Å². The molecule has 0 fully saturated rings. The van der Waals surface area contributed by atoms with Gasteiger partial charge >= 0.3 is 5.97 Å². The van der Waals surface area contributed by atoms with Crippen LogP contribution in [0.1, 0.15) is 27.8 Å². The first-order valence-corrected chi connectivity index (χ1v) is 9.96. The molecule has 7 nitrogen and oxygen atoms in total. The van der Waals surface area contributed by atoms with Gasteiger partial charge in [0, 0.05) is 17.2 Å².